The van der Waals surface area contributed by atoms with Crippen molar-refractivity contribution < 1.29 is 4.79 Å². The predicted octanol–water partition coefficient (Wildman–Crippen LogP) is 1.54. The summed E-state index contributed by atoms with van der Waals surface area (Å²) in [5, 5.41) is 9.37. The lowest BCUT2D eigenvalue weighted by atomic mass is 10.1. The molecule has 1 aliphatic rings. The highest BCUT2D eigenvalue weighted by atomic mass is 16.2. The summed E-state index contributed by atoms with van der Waals surface area (Å²) in [7, 11) is 0. The highest BCUT2D eigenvalue weighted by Crippen LogP contribution is 2.23. The zero-order chi connectivity index (χ0) is 17.4. The molecule has 3 heterocycles. The van der Waals surface area contributed by atoms with E-state index in [2.05, 4.69) is 15.3 Å². The molecule has 3 aromatic rings. The van der Waals surface area contributed by atoms with Crippen molar-refractivity contribution in [2.45, 2.75) is 13.3 Å². The molecule has 1 aromatic carbocycles. The SMILES string of the molecule is Cc1c(C(=O)N2CCC(CN)C2)nnn1-c1cccc2ncccc12. The Labute approximate surface area is 145 Å². The molecule has 2 N–H and O–H groups in total. The zero-order valence-corrected chi connectivity index (χ0v) is 14.1. The van der Waals surface area contributed by atoms with Crippen LogP contribution < -0.4 is 5.73 Å². The second kappa shape index (κ2) is 6.25. The van der Waals surface area contributed by atoms with Gasteiger partial charge in [0.15, 0.2) is 5.69 Å². The number of amides is 1. The third-order valence-electron chi connectivity index (χ3n) is 4.85. The minimum absolute atomic E-state index is 0.0712. The van der Waals surface area contributed by atoms with E-state index in [1.165, 1.54) is 0 Å². The molecule has 0 saturated carbocycles. The van der Waals surface area contributed by atoms with Gasteiger partial charge in [-0.25, -0.2) is 4.68 Å². The number of likely N-dealkylation sites (tertiary alicyclic amines) is 1. The van der Waals surface area contributed by atoms with Gasteiger partial charge in [0.25, 0.3) is 5.91 Å². The fourth-order valence-electron chi connectivity index (χ4n) is 3.39. The molecule has 0 aliphatic carbocycles. The number of hydrogen-bond acceptors (Lipinski definition) is 5. The van der Waals surface area contributed by atoms with Gasteiger partial charge in [-0.05, 0) is 50.1 Å². The fraction of sp³-hybridized carbons (Fsp3) is 0.333. The van der Waals surface area contributed by atoms with E-state index in [1.807, 2.05) is 42.2 Å². The zero-order valence-electron chi connectivity index (χ0n) is 14.1. The van der Waals surface area contributed by atoms with Crippen molar-refractivity contribution in [2.75, 3.05) is 19.6 Å². The van der Waals surface area contributed by atoms with E-state index in [0.29, 0.717) is 24.7 Å². The summed E-state index contributed by atoms with van der Waals surface area (Å²) in [6.07, 6.45) is 2.71. The molecule has 1 unspecified atom stereocenters. The number of carbonyl (C=O) groups is 1. The van der Waals surface area contributed by atoms with Gasteiger partial charge >= 0.3 is 0 Å². The first-order valence-corrected chi connectivity index (χ1v) is 8.45. The van der Waals surface area contributed by atoms with E-state index < -0.39 is 0 Å². The van der Waals surface area contributed by atoms with Gasteiger partial charge in [-0.1, -0.05) is 11.3 Å². The summed E-state index contributed by atoms with van der Waals surface area (Å²) in [5.41, 5.74) is 8.61. The third kappa shape index (κ3) is 2.66. The molecular formula is C18H20N6O. The molecule has 7 nitrogen and oxygen atoms in total. The first kappa shape index (κ1) is 15.7. The number of benzene rings is 1. The number of fused-ring (bicyclic) bond motifs is 1. The molecule has 0 bridgehead atoms. The molecule has 4 rings (SSSR count). The number of nitrogens with two attached hydrogens (primary N) is 1. The van der Waals surface area contributed by atoms with Gasteiger partial charge in [0.05, 0.1) is 16.9 Å². The van der Waals surface area contributed by atoms with E-state index in [1.54, 1.807) is 10.9 Å². The van der Waals surface area contributed by atoms with Crippen molar-refractivity contribution in [3.05, 3.63) is 47.9 Å². The van der Waals surface area contributed by atoms with Gasteiger partial charge in [-0.15, -0.1) is 5.10 Å². The Morgan fingerprint density at radius 2 is 2.20 bits per heavy atom. The van der Waals surface area contributed by atoms with E-state index in [0.717, 1.165) is 35.2 Å². The van der Waals surface area contributed by atoms with Gasteiger partial charge in [-0.3, -0.25) is 9.78 Å². The number of rotatable bonds is 3. The monoisotopic (exact) mass is 336 g/mol. The summed E-state index contributed by atoms with van der Waals surface area (Å²) in [6, 6.07) is 9.72. The van der Waals surface area contributed by atoms with E-state index in [4.69, 9.17) is 5.73 Å². The van der Waals surface area contributed by atoms with Crippen molar-refractivity contribution in [3.63, 3.8) is 0 Å². The average molecular weight is 336 g/mol. The van der Waals surface area contributed by atoms with Crippen LogP contribution in [0.2, 0.25) is 0 Å². The van der Waals surface area contributed by atoms with Crippen LogP contribution in [0.1, 0.15) is 22.6 Å². The van der Waals surface area contributed by atoms with Crippen molar-refractivity contribution in [1.29, 1.82) is 0 Å². The van der Waals surface area contributed by atoms with Crippen LogP contribution >= 0.6 is 0 Å². The molecule has 0 spiro atoms. The molecular weight excluding hydrogens is 316 g/mol. The van der Waals surface area contributed by atoms with Gasteiger partial charge in [0.1, 0.15) is 0 Å². The lowest BCUT2D eigenvalue weighted by Gasteiger charge is -2.15. The van der Waals surface area contributed by atoms with E-state index in [9.17, 15) is 4.79 Å². The molecule has 25 heavy (non-hydrogen) atoms. The van der Waals surface area contributed by atoms with Crippen molar-refractivity contribution in [3.8, 4) is 5.69 Å². The molecule has 1 amide bonds. The van der Waals surface area contributed by atoms with E-state index >= 15 is 0 Å². The highest BCUT2D eigenvalue weighted by Gasteiger charge is 2.29. The summed E-state index contributed by atoms with van der Waals surface area (Å²) < 4.78 is 1.72. The summed E-state index contributed by atoms with van der Waals surface area (Å²) in [5.74, 6) is 0.307. The highest BCUT2D eigenvalue weighted by molar-refractivity contribution is 5.94. The smallest absolute Gasteiger partial charge is 0.276 e. The number of carbonyl (C=O) groups excluding carboxylic acids is 1. The topological polar surface area (TPSA) is 89.9 Å². The first-order valence-electron chi connectivity index (χ1n) is 8.45. The Morgan fingerprint density at radius 1 is 1.32 bits per heavy atom. The minimum Gasteiger partial charge on any atom is -0.337 e. The Hall–Kier alpha value is -2.80. The van der Waals surface area contributed by atoms with Crippen LogP contribution in [-0.4, -0.2) is 50.4 Å². The largest absolute Gasteiger partial charge is 0.337 e. The summed E-state index contributed by atoms with van der Waals surface area (Å²) in [4.78, 5) is 19.0. The first-order chi connectivity index (χ1) is 12.2. The molecule has 1 atom stereocenters. The molecule has 1 saturated heterocycles. The summed E-state index contributed by atoms with van der Waals surface area (Å²) in [6.45, 7) is 3.91. The third-order valence-corrected chi connectivity index (χ3v) is 4.85. The maximum Gasteiger partial charge on any atom is 0.276 e. The van der Waals surface area contributed by atoms with Gasteiger partial charge in [-0.2, -0.15) is 0 Å². The number of nitrogens with zero attached hydrogens (tertiary/aromatic N) is 5. The lowest BCUT2D eigenvalue weighted by Crippen LogP contribution is -2.30. The Morgan fingerprint density at radius 3 is 3.00 bits per heavy atom. The van der Waals surface area contributed by atoms with Crippen LogP contribution in [-0.2, 0) is 0 Å². The fourth-order valence-corrected chi connectivity index (χ4v) is 3.39. The Balaban J connectivity index is 1.71. The molecule has 128 valence electrons. The maximum absolute atomic E-state index is 12.8. The van der Waals surface area contributed by atoms with Crippen LogP contribution in [0.4, 0.5) is 0 Å². The molecule has 2 aromatic heterocycles. The van der Waals surface area contributed by atoms with Crippen LogP contribution in [0.5, 0.6) is 0 Å². The number of pyridine rings is 1. The quantitative estimate of drug-likeness (QED) is 0.783. The standard InChI is InChI=1S/C18H20N6O/c1-12-17(18(25)23-9-7-13(10-19)11-23)21-22-24(12)16-6-2-5-15-14(16)4-3-8-20-15/h2-6,8,13H,7,9-11,19H2,1H3. The van der Waals surface area contributed by atoms with Crippen molar-refractivity contribution in [2.24, 2.45) is 11.7 Å². The molecule has 7 heteroatoms. The van der Waals surface area contributed by atoms with Crippen molar-refractivity contribution >= 4 is 16.8 Å². The van der Waals surface area contributed by atoms with Crippen molar-refractivity contribution in [1.82, 2.24) is 24.9 Å². The Bertz CT molecular complexity index is 929. The normalized spacial score (nSPS) is 17.4. The van der Waals surface area contributed by atoms with Crippen LogP contribution in [0.15, 0.2) is 36.5 Å². The Kier molecular flexibility index (Phi) is 3.93. The number of aromatic nitrogens is 4. The predicted molar refractivity (Wildman–Crippen MR) is 94.5 cm³/mol. The van der Waals surface area contributed by atoms with Crippen LogP contribution in [0, 0.1) is 12.8 Å². The minimum atomic E-state index is -0.0712. The molecule has 1 fully saturated rings. The van der Waals surface area contributed by atoms with Gasteiger partial charge < -0.3 is 10.6 Å². The van der Waals surface area contributed by atoms with Gasteiger partial charge in [0.2, 0.25) is 0 Å². The second-order valence-corrected chi connectivity index (χ2v) is 6.42. The maximum atomic E-state index is 12.8. The van der Waals surface area contributed by atoms with Gasteiger partial charge in [0, 0.05) is 24.7 Å². The summed E-state index contributed by atoms with van der Waals surface area (Å²) >= 11 is 0. The lowest BCUT2D eigenvalue weighted by molar-refractivity contribution is 0.0781. The van der Waals surface area contributed by atoms with Crippen LogP contribution in [0.25, 0.3) is 16.6 Å². The molecule has 0 radical (unpaired) electrons. The second-order valence-electron chi connectivity index (χ2n) is 6.42. The van der Waals surface area contributed by atoms with Crippen LogP contribution in [0.3, 0.4) is 0 Å². The number of hydrogen-bond donors (Lipinski definition) is 1. The van der Waals surface area contributed by atoms with E-state index in [-0.39, 0.29) is 5.91 Å². The average Bonchev–Trinajstić information content (AvgIpc) is 3.27. The molecule has 1 aliphatic heterocycles.